The van der Waals surface area contributed by atoms with Crippen LogP contribution in [0.4, 0.5) is 0 Å². The summed E-state index contributed by atoms with van der Waals surface area (Å²) in [7, 11) is 1.68. The molecular formula is C17H29N3O2. The van der Waals surface area contributed by atoms with Crippen LogP contribution in [-0.4, -0.2) is 39.3 Å². The third-order valence-electron chi connectivity index (χ3n) is 3.11. The Morgan fingerprint density at radius 1 is 1.18 bits per heavy atom. The summed E-state index contributed by atoms with van der Waals surface area (Å²) in [5.41, 5.74) is 1.06. The van der Waals surface area contributed by atoms with Gasteiger partial charge in [-0.05, 0) is 19.4 Å². The maximum absolute atomic E-state index is 5.69. The molecule has 124 valence electrons. The second-order valence-corrected chi connectivity index (χ2v) is 4.91. The quantitative estimate of drug-likeness (QED) is 0.396. The minimum Gasteiger partial charge on any atom is -0.496 e. The lowest BCUT2D eigenvalue weighted by Crippen LogP contribution is -2.39. The van der Waals surface area contributed by atoms with Gasteiger partial charge in [0.2, 0.25) is 0 Å². The van der Waals surface area contributed by atoms with Crippen LogP contribution in [-0.2, 0) is 11.3 Å². The number of para-hydroxylation sites is 1. The molecule has 0 radical (unpaired) electrons. The Morgan fingerprint density at radius 2 is 2.00 bits per heavy atom. The highest BCUT2D eigenvalue weighted by atomic mass is 16.5. The van der Waals surface area contributed by atoms with Gasteiger partial charge in [-0.1, -0.05) is 31.5 Å². The number of aliphatic imine (C=N–C) groups is 1. The van der Waals surface area contributed by atoms with Crippen molar-refractivity contribution in [3.63, 3.8) is 0 Å². The zero-order valence-corrected chi connectivity index (χ0v) is 14.0. The number of benzene rings is 1. The first-order valence-corrected chi connectivity index (χ1v) is 8.03. The van der Waals surface area contributed by atoms with Crippen LogP contribution in [0.5, 0.6) is 5.75 Å². The van der Waals surface area contributed by atoms with Crippen molar-refractivity contribution >= 4 is 5.96 Å². The van der Waals surface area contributed by atoms with Crippen LogP contribution in [0.25, 0.3) is 0 Å². The zero-order valence-electron chi connectivity index (χ0n) is 14.0. The standard InChI is InChI=1S/C17H29N3O2/c1-4-6-11-19-17(18-5-2)20-12-13-22-14-15-9-7-8-10-16(15)21-3/h7-10H,4-6,11-14H2,1-3H3,(H2,18,19,20). The molecule has 5 nitrogen and oxygen atoms in total. The summed E-state index contributed by atoms with van der Waals surface area (Å²) < 4.78 is 11.0. The van der Waals surface area contributed by atoms with Gasteiger partial charge < -0.3 is 20.1 Å². The topological polar surface area (TPSA) is 54.9 Å². The number of ether oxygens (including phenoxy) is 2. The fourth-order valence-corrected chi connectivity index (χ4v) is 1.94. The average Bonchev–Trinajstić information content (AvgIpc) is 2.55. The number of rotatable bonds is 10. The SMILES string of the molecule is CCCCN=C(NCC)NCCOCc1ccccc1OC. The molecule has 0 aliphatic carbocycles. The summed E-state index contributed by atoms with van der Waals surface area (Å²) in [5, 5.41) is 6.51. The van der Waals surface area contributed by atoms with Crippen LogP contribution in [0.2, 0.25) is 0 Å². The van der Waals surface area contributed by atoms with E-state index in [9.17, 15) is 0 Å². The second-order valence-electron chi connectivity index (χ2n) is 4.91. The molecular weight excluding hydrogens is 278 g/mol. The molecule has 0 unspecified atom stereocenters. The smallest absolute Gasteiger partial charge is 0.191 e. The van der Waals surface area contributed by atoms with E-state index >= 15 is 0 Å². The van der Waals surface area contributed by atoms with Crippen molar-refractivity contribution in [1.29, 1.82) is 0 Å². The lowest BCUT2D eigenvalue weighted by atomic mass is 10.2. The van der Waals surface area contributed by atoms with E-state index < -0.39 is 0 Å². The van der Waals surface area contributed by atoms with Crippen LogP contribution >= 0.6 is 0 Å². The van der Waals surface area contributed by atoms with Crippen molar-refractivity contribution in [2.75, 3.05) is 33.4 Å². The van der Waals surface area contributed by atoms with E-state index in [-0.39, 0.29) is 0 Å². The Hall–Kier alpha value is -1.75. The Kier molecular flexibility index (Phi) is 9.87. The zero-order chi connectivity index (χ0) is 16.0. The number of unbranched alkanes of at least 4 members (excludes halogenated alkanes) is 1. The lowest BCUT2D eigenvalue weighted by Gasteiger charge is -2.12. The minimum atomic E-state index is 0.551. The number of guanidine groups is 1. The Bertz CT molecular complexity index is 436. The van der Waals surface area contributed by atoms with E-state index in [2.05, 4.69) is 29.5 Å². The van der Waals surface area contributed by atoms with Gasteiger partial charge in [0.25, 0.3) is 0 Å². The molecule has 0 aliphatic rings. The van der Waals surface area contributed by atoms with Crippen molar-refractivity contribution in [3.05, 3.63) is 29.8 Å². The van der Waals surface area contributed by atoms with E-state index in [0.29, 0.717) is 13.2 Å². The summed E-state index contributed by atoms with van der Waals surface area (Å²) in [6, 6.07) is 7.91. The molecule has 0 aliphatic heterocycles. The maximum atomic E-state index is 5.69. The van der Waals surface area contributed by atoms with Gasteiger partial charge in [-0.15, -0.1) is 0 Å². The monoisotopic (exact) mass is 307 g/mol. The molecule has 22 heavy (non-hydrogen) atoms. The summed E-state index contributed by atoms with van der Waals surface area (Å²) in [4.78, 5) is 4.51. The van der Waals surface area contributed by atoms with Gasteiger partial charge in [-0.2, -0.15) is 0 Å². The lowest BCUT2D eigenvalue weighted by molar-refractivity contribution is 0.123. The third-order valence-corrected chi connectivity index (χ3v) is 3.11. The van der Waals surface area contributed by atoms with Crippen LogP contribution in [0.3, 0.4) is 0 Å². The van der Waals surface area contributed by atoms with Gasteiger partial charge in [-0.25, -0.2) is 0 Å². The highest BCUT2D eigenvalue weighted by Crippen LogP contribution is 2.17. The summed E-state index contributed by atoms with van der Waals surface area (Å²) in [6.45, 7) is 7.85. The molecule has 0 atom stereocenters. The molecule has 0 spiro atoms. The van der Waals surface area contributed by atoms with E-state index in [4.69, 9.17) is 9.47 Å². The molecule has 0 amide bonds. The van der Waals surface area contributed by atoms with Crippen LogP contribution in [0.15, 0.2) is 29.3 Å². The van der Waals surface area contributed by atoms with Crippen LogP contribution in [0, 0.1) is 0 Å². The first-order valence-electron chi connectivity index (χ1n) is 8.03. The predicted molar refractivity (Wildman–Crippen MR) is 91.5 cm³/mol. The number of nitrogens with zero attached hydrogens (tertiary/aromatic N) is 1. The summed E-state index contributed by atoms with van der Waals surface area (Å²) in [5.74, 6) is 1.72. The molecule has 0 aromatic heterocycles. The van der Waals surface area contributed by atoms with Crippen LogP contribution < -0.4 is 15.4 Å². The number of hydrogen-bond acceptors (Lipinski definition) is 3. The van der Waals surface area contributed by atoms with Gasteiger partial charge in [0.1, 0.15) is 5.75 Å². The second kappa shape index (κ2) is 11.9. The largest absolute Gasteiger partial charge is 0.496 e. The molecule has 0 bridgehead atoms. The van der Waals surface area contributed by atoms with Crippen molar-refractivity contribution in [3.8, 4) is 5.75 Å². The predicted octanol–water partition coefficient (Wildman–Crippen LogP) is 2.57. The fraction of sp³-hybridized carbons (Fsp3) is 0.588. The van der Waals surface area contributed by atoms with E-state index in [1.807, 2.05) is 24.3 Å². The average molecular weight is 307 g/mol. The number of methoxy groups -OCH3 is 1. The molecule has 0 fully saturated rings. The van der Waals surface area contributed by atoms with Crippen molar-refractivity contribution in [1.82, 2.24) is 10.6 Å². The molecule has 1 aromatic rings. The Balaban J connectivity index is 2.26. The summed E-state index contributed by atoms with van der Waals surface area (Å²) >= 11 is 0. The molecule has 2 N–H and O–H groups in total. The van der Waals surface area contributed by atoms with Crippen molar-refractivity contribution < 1.29 is 9.47 Å². The molecule has 1 rings (SSSR count). The van der Waals surface area contributed by atoms with Gasteiger partial charge in [0.15, 0.2) is 5.96 Å². The molecule has 1 aromatic carbocycles. The van der Waals surface area contributed by atoms with E-state index in [1.54, 1.807) is 7.11 Å². The normalized spacial score (nSPS) is 11.3. The Morgan fingerprint density at radius 3 is 2.73 bits per heavy atom. The van der Waals surface area contributed by atoms with Gasteiger partial charge in [0.05, 0.1) is 20.3 Å². The van der Waals surface area contributed by atoms with E-state index in [1.165, 1.54) is 0 Å². The van der Waals surface area contributed by atoms with Gasteiger partial charge in [0, 0.05) is 25.2 Å². The van der Waals surface area contributed by atoms with Gasteiger partial charge in [-0.3, -0.25) is 4.99 Å². The minimum absolute atomic E-state index is 0.551. The molecule has 0 saturated heterocycles. The Labute approximate surface area is 134 Å². The fourth-order valence-electron chi connectivity index (χ4n) is 1.94. The maximum Gasteiger partial charge on any atom is 0.191 e. The summed E-state index contributed by atoms with van der Waals surface area (Å²) in [6.07, 6.45) is 2.27. The third kappa shape index (κ3) is 7.31. The number of hydrogen-bond donors (Lipinski definition) is 2. The van der Waals surface area contributed by atoms with Crippen LogP contribution in [0.1, 0.15) is 32.3 Å². The molecule has 0 saturated carbocycles. The van der Waals surface area contributed by atoms with Crippen molar-refractivity contribution in [2.24, 2.45) is 4.99 Å². The highest BCUT2D eigenvalue weighted by Gasteiger charge is 2.01. The van der Waals surface area contributed by atoms with Gasteiger partial charge >= 0.3 is 0 Å². The molecule has 0 heterocycles. The highest BCUT2D eigenvalue weighted by molar-refractivity contribution is 5.79. The number of nitrogens with one attached hydrogen (secondary N) is 2. The van der Waals surface area contributed by atoms with Crippen molar-refractivity contribution in [2.45, 2.75) is 33.3 Å². The molecule has 5 heteroatoms. The first kappa shape index (κ1) is 18.3. The van der Waals surface area contributed by atoms with E-state index in [0.717, 1.165) is 49.7 Å². The first-order chi connectivity index (χ1) is 10.8.